The molecular formula is C26H26N4O2S. The van der Waals surface area contributed by atoms with E-state index in [0.29, 0.717) is 34.0 Å². The number of nitrogen functional groups attached to an aromatic ring is 2. The molecule has 0 spiro atoms. The normalized spacial score (nSPS) is 14.6. The number of anilines is 2. The molecule has 0 amide bonds. The van der Waals surface area contributed by atoms with Crippen molar-refractivity contribution in [2.75, 3.05) is 11.5 Å². The van der Waals surface area contributed by atoms with Gasteiger partial charge < -0.3 is 20.9 Å². The van der Waals surface area contributed by atoms with Crippen LogP contribution in [0.2, 0.25) is 0 Å². The van der Waals surface area contributed by atoms with Crippen LogP contribution in [0.25, 0.3) is 0 Å². The Labute approximate surface area is 197 Å². The Bertz CT molecular complexity index is 1110. The molecule has 4 aromatic rings. The fourth-order valence-corrected chi connectivity index (χ4v) is 4.76. The predicted octanol–water partition coefficient (Wildman–Crippen LogP) is 4.58. The maximum Gasteiger partial charge on any atom is 0.240 e. The molecule has 0 aliphatic heterocycles. The number of para-hydroxylation sites is 4. The molecule has 0 aromatic heterocycles. The molecule has 33 heavy (non-hydrogen) atoms. The van der Waals surface area contributed by atoms with Gasteiger partial charge in [0.1, 0.15) is 11.5 Å². The highest BCUT2D eigenvalue weighted by molar-refractivity contribution is 8.00. The summed E-state index contributed by atoms with van der Waals surface area (Å²) in [5, 5.41) is -3.03. The Morgan fingerprint density at radius 2 is 0.818 bits per heavy atom. The first-order valence-electron chi connectivity index (χ1n) is 10.4. The Morgan fingerprint density at radius 1 is 0.485 bits per heavy atom. The van der Waals surface area contributed by atoms with Crippen molar-refractivity contribution < 1.29 is 9.47 Å². The Kier molecular flexibility index (Phi) is 6.46. The van der Waals surface area contributed by atoms with Crippen LogP contribution in [0.3, 0.4) is 0 Å². The Balaban J connectivity index is 1.83. The van der Waals surface area contributed by atoms with Crippen LogP contribution in [0.1, 0.15) is 11.1 Å². The molecule has 0 radical (unpaired) electrons. The van der Waals surface area contributed by atoms with E-state index in [1.807, 2.05) is 97.1 Å². The van der Waals surface area contributed by atoms with Crippen molar-refractivity contribution in [2.45, 2.75) is 10.1 Å². The zero-order valence-electron chi connectivity index (χ0n) is 17.9. The lowest BCUT2D eigenvalue weighted by molar-refractivity contribution is 0.141. The third-order valence-corrected chi connectivity index (χ3v) is 6.21. The smallest absolute Gasteiger partial charge is 0.240 e. The molecule has 8 N–H and O–H groups in total. The first-order chi connectivity index (χ1) is 15.9. The van der Waals surface area contributed by atoms with Crippen molar-refractivity contribution in [2.24, 2.45) is 11.5 Å². The molecule has 2 unspecified atom stereocenters. The van der Waals surface area contributed by atoms with Crippen molar-refractivity contribution in [1.29, 1.82) is 0 Å². The summed E-state index contributed by atoms with van der Waals surface area (Å²) in [7, 11) is 0. The van der Waals surface area contributed by atoms with Crippen molar-refractivity contribution in [1.82, 2.24) is 0 Å². The molecule has 6 nitrogen and oxygen atoms in total. The molecule has 7 heteroatoms. The van der Waals surface area contributed by atoms with E-state index in [9.17, 15) is 0 Å². The highest BCUT2D eigenvalue weighted by Gasteiger charge is 2.45. The highest BCUT2D eigenvalue weighted by atomic mass is 32.2. The first kappa shape index (κ1) is 22.5. The van der Waals surface area contributed by atoms with Gasteiger partial charge in [-0.2, -0.15) is 0 Å². The van der Waals surface area contributed by atoms with Crippen LogP contribution in [0.15, 0.2) is 109 Å². The van der Waals surface area contributed by atoms with Gasteiger partial charge in [0, 0.05) is 22.5 Å². The van der Waals surface area contributed by atoms with Crippen LogP contribution >= 0.6 is 11.8 Å². The van der Waals surface area contributed by atoms with Crippen molar-refractivity contribution in [3.05, 3.63) is 120 Å². The quantitative estimate of drug-likeness (QED) is 0.225. The van der Waals surface area contributed by atoms with E-state index in [1.165, 1.54) is 0 Å². The van der Waals surface area contributed by atoms with Gasteiger partial charge in [0.15, 0.2) is 0 Å². The second-order valence-corrected chi connectivity index (χ2v) is 8.86. The van der Waals surface area contributed by atoms with E-state index in [4.69, 9.17) is 32.4 Å². The molecule has 4 aromatic carbocycles. The lowest BCUT2D eigenvalue weighted by Crippen LogP contribution is -2.50. The molecule has 0 fully saturated rings. The number of rotatable bonds is 8. The SMILES string of the molecule is Nc1ccccc1C(N)(Oc1ccccc1)SC(N)(Oc1ccccc1)c1ccccc1N. The summed E-state index contributed by atoms with van der Waals surface area (Å²) in [6.07, 6.45) is 0. The van der Waals surface area contributed by atoms with Crippen molar-refractivity contribution in [3.8, 4) is 11.5 Å². The third-order valence-electron chi connectivity index (χ3n) is 5.00. The number of thioether (sulfide) groups is 1. The zero-order chi connectivity index (χ0) is 23.3. The van der Waals surface area contributed by atoms with Crippen LogP contribution in [0.5, 0.6) is 11.5 Å². The van der Waals surface area contributed by atoms with Crippen LogP contribution in [-0.4, -0.2) is 0 Å². The summed E-state index contributed by atoms with van der Waals surface area (Å²) in [6, 6.07) is 33.0. The molecule has 0 aliphatic carbocycles. The van der Waals surface area contributed by atoms with Gasteiger partial charge in [0.25, 0.3) is 0 Å². The molecule has 0 heterocycles. The minimum Gasteiger partial charge on any atom is -0.459 e. The van der Waals surface area contributed by atoms with E-state index in [-0.39, 0.29) is 0 Å². The molecule has 168 valence electrons. The second kappa shape index (κ2) is 9.46. The summed E-state index contributed by atoms with van der Waals surface area (Å²) in [6.45, 7) is 0. The first-order valence-corrected chi connectivity index (χ1v) is 11.2. The molecule has 4 rings (SSSR count). The standard InChI is InChI=1S/C26H26N4O2S/c27-23-17-9-7-15-21(23)25(29,31-19-11-3-1-4-12-19)33-26(30,22-16-8-10-18-24(22)28)32-20-13-5-2-6-14-20/h1-18H,27-30H2. The topological polar surface area (TPSA) is 123 Å². The van der Waals surface area contributed by atoms with E-state index in [0.717, 1.165) is 11.8 Å². The van der Waals surface area contributed by atoms with E-state index in [1.54, 1.807) is 12.1 Å². The van der Waals surface area contributed by atoms with Gasteiger partial charge in [-0.3, -0.25) is 11.5 Å². The lowest BCUT2D eigenvalue weighted by Gasteiger charge is -2.39. The van der Waals surface area contributed by atoms with Crippen LogP contribution < -0.4 is 32.4 Å². The highest BCUT2D eigenvalue weighted by Crippen LogP contribution is 2.47. The fraction of sp³-hybridized carbons (Fsp3) is 0.0769. The number of hydrogen-bond donors (Lipinski definition) is 4. The molecular weight excluding hydrogens is 432 g/mol. The monoisotopic (exact) mass is 458 g/mol. The van der Waals surface area contributed by atoms with Gasteiger partial charge in [0.2, 0.25) is 10.1 Å². The maximum atomic E-state index is 6.94. The molecule has 2 atom stereocenters. The van der Waals surface area contributed by atoms with Crippen LogP contribution in [-0.2, 0) is 10.1 Å². The van der Waals surface area contributed by atoms with Gasteiger partial charge >= 0.3 is 0 Å². The average molecular weight is 459 g/mol. The maximum absolute atomic E-state index is 6.94. The summed E-state index contributed by atoms with van der Waals surface area (Å²) >= 11 is 1.07. The van der Waals surface area contributed by atoms with Gasteiger partial charge in [-0.25, -0.2) is 0 Å². The Morgan fingerprint density at radius 3 is 1.18 bits per heavy atom. The summed E-state index contributed by atoms with van der Waals surface area (Å²) in [5.74, 6) is 1.11. The molecule has 0 bridgehead atoms. The lowest BCUT2D eigenvalue weighted by atomic mass is 10.1. The molecule has 0 saturated heterocycles. The van der Waals surface area contributed by atoms with E-state index in [2.05, 4.69) is 0 Å². The zero-order valence-corrected chi connectivity index (χ0v) is 18.7. The van der Waals surface area contributed by atoms with Crippen molar-refractivity contribution >= 4 is 23.1 Å². The van der Waals surface area contributed by atoms with E-state index >= 15 is 0 Å². The van der Waals surface area contributed by atoms with Gasteiger partial charge in [-0.05, 0) is 48.2 Å². The number of hydrogen-bond acceptors (Lipinski definition) is 7. The minimum atomic E-state index is -1.52. The molecule has 0 aliphatic rings. The number of benzene rings is 4. The van der Waals surface area contributed by atoms with Gasteiger partial charge in [-0.1, -0.05) is 72.8 Å². The number of ether oxygens (including phenoxy) is 2. The summed E-state index contributed by atoms with van der Waals surface area (Å²) in [5.41, 5.74) is 28.6. The second-order valence-electron chi connectivity index (χ2n) is 7.44. The predicted molar refractivity (Wildman–Crippen MR) is 135 cm³/mol. The van der Waals surface area contributed by atoms with Crippen LogP contribution in [0.4, 0.5) is 11.4 Å². The minimum absolute atomic E-state index is 0.464. The van der Waals surface area contributed by atoms with Gasteiger partial charge in [-0.15, -0.1) is 0 Å². The van der Waals surface area contributed by atoms with Crippen LogP contribution in [0, 0.1) is 0 Å². The third kappa shape index (κ3) is 5.06. The average Bonchev–Trinajstić information content (AvgIpc) is 2.80. The summed E-state index contributed by atoms with van der Waals surface area (Å²) < 4.78 is 12.6. The summed E-state index contributed by atoms with van der Waals surface area (Å²) in [4.78, 5) is 0. The fourth-order valence-electron chi connectivity index (χ4n) is 3.44. The number of nitrogens with two attached hydrogens (primary N) is 4. The van der Waals surface area contributed by atoms with Crippen molar-refractivity contribution in [3.63, 3.8) is 0 Å². The Hall–Kier alpha value is -3.65. The largest absolute Gasteiger partial charge is 0.459 e. The van der Waals surface area contributed by atoms with Gasteiger partial charge in [0.05, 0.1) is 0 Å². The van der Waals surface area contributed by atoms with E-state index < -0.39 is 10.1 Å². The molecule has 0 saturated carbocycles.